The molecule has 1 rings (SSSR count). The molecule has 104 valence electrons. The Kier molecular flexibility index (Phi) is 6.36. The molecule has 1 heterocycles. The van der Waals surface area contributed by atoms with Crippen molar-refractivity contribution >= 4 is 0 Å². The van der Waals surface area contributed by atoms with Gasteiger partial charge in [0.25, 0.3) is 0 Å². The molecule has 0 bridgehead atoms. The molecular formula is C14H28N4. The van der Waals surface area contributed by atoms with E-state index >= 15 is 0 Å². The van der Waals surface area contributed by atoms with Crippen molar-refractivity contribution in [3.63, 3.8) is 0 Å². The van der Waals surface area contributed by atoms with Crippen LogP contribution in [0.1, 0.15) is 45.3 Å². The summed E-state index contributed by atoms with van der Waals surface area (Å²) < 4.78 is 2.06. The molecule has 4 nitrogen and oxygen atoms in total. The van der Waals surface area contributed by atoms with Gasteiger partial charge in [-0.05, 0) is 53.4 Å². The van der Waals surface area contributed by atoms with Crippen molar-refractivity contribution in [3.8, 4) is 0 Å². The minimum absolute atomic E-state index is 0.491. The maximum Gasteiger partial charge on any atom is 0.0762 e. The summed E-state index contributed by atoms with van der Waals surface area (Å²) in [4.78, 5) is 2.22. The van der Waals surface area contributed by atoms with E-state index in [9.17, 15) is 0 Å². The zero-order valence-corrected chi connectivity index (χ0v) is 12.5. The third kappa shape index (κ3) is 5.19. The molecule has 1 aromatic rings. The molecule has 18 heavy (non-hydrogen) atoms. The first kappa shape index (κ1) is 15.2. The molecular weight excluding hydrogens is 224 g/mol. The zero-order valence-electron chi connectivity index (χ0n) is 12.5. The summed E-state index contributed by atoms with van der Waals surface area (Å²) in [6.07, 6.45) is 4.36. The summed E-state index contributed by atoms with van der Waals surface area (Å²) in [6, 6.07) is 3.13. The summed E-state index contributed by atoms with van der Waals surface area (Å²) in [7, 11) is 4.22. The number of hydrogen-bond donors (Lipinski definition) is 1. The van der Waals surface area contributed by atoms with E-state index in [-0.39, 0.29) is 0 Å². The van der Waals surface area contributed by atoms with Crippen molar-refractivity contribution in [2.24, 2.45) is 0 Å². The van der Waals surface area contributed by atoms with Crippen molar-refractivity contribution in [2.45, 2.75) is 52.2 Å². The predicted molar refractivity (Wildman–Crippen MR) is 76.7 cm³/mol. The van der Waals surface area contributed by atoms with Gasteiger partial charge in [-0.15, -0.1) is 0 Å². The van der Waals surface area contributed by atoms with Crippen LogP contribution in [0.15, 0.2) is 12.3 Å². The summed E-state index contributed by atoms with van der Waals surface area (Å²) in [6.45, 7) is 8.60. The number of aromatic nitrogens is 2. The summed E-state index contributed by atoms with van der Waals surface area (Å²) >= 11 is 0. The fraction of sp³-hybridized carbons (Fsp3) is 0.786. The Bertz CT molecular complexity index is 332. The van der Waals surface area contributed by atoms with Crippen LogP contribution >= 0.6 is 0 Å². The van der Waals surface area contributed by atoms with E-state index < -0.39 is 0 Å². The van der Waals surface area contributed by atoms with E-state index in [1.165, 1.54) is 6.42 Å². The molecule has 0 amide bonds. The molecule has 4 heteroatoms. The Morgan fingerprint density at radius 1 is 1.39 bits per heavy atom. The average molecular weight is 252 g/mol. The van der Waals surface area contributed by atoms with Gasteiger partial charge in [0.1, 0.15) is 0 Å². The highest BCUT2D eigenvalue weighted by atomic mass is 15.3. The lowest BCUT2D eigenvalue weighted by molar-refractivity contribution is 0.364. The normalized spacial score (nSPS) is 15.0. The highest BCUT2D eigenvalue weighted by Crippen LogP contribution is 2.09. The highest BCUT2D eigenvalue weighted by Gasteiger charge is 2.06. The Morgan fingerprint density at radius 3 is 2.72 bits per heavy atom. The first-order valence-electron chi connectivity index (χ1n) is 6.95. The van der Waals surface area contributed by atoms with Crippen LogP contribution in [-0.4, -0.2) is 41.4 Å². The minimum Gasteiger partial charge on any atom is -0.309 e. The third-order valence-electron chi connectivity index (χ3n) is 3.35. The maximum absolute atomic E-state index is 4.59. The number of hydrogen-bond acceptors (Lipinski definition) is 3. The van der Waals surface area contributed by atoms with E-state index in [4.69, 9.17) is 0 Å². The van der Waals surface area contributed by atoms with Gasteiger partial charge in [0.05, 0.1) is 5.69 Å². The van der Waals surface area contributed by atoms with Gasteiger partial charge in [0, 0.05) is 24.8 Å². The molecule has 2 unspecified atom stereocenters. The molecule has 0 aliphatic rings. The Labute approximate surface area is 111 Å². The lowest BCUT2D eigenvalue weighted by atomic mass is 10.2. The Hall–Kier alpha value is -0.870. The molecule has 0 aliphatic carbocycles. The Balaban J connectivity index is 2.32. The lowest BCUT2D eigenvalue weighted by Gasteiger charge is -2.16. The third-order valence-corrected chi connectivity index (χ3v) is 3.35. The van der Waals surface area contributed by atoms with Gasteiger partial charge in [-0.1, -0.05) is 6.92 Å². The summed E-state index contributed by atoms with van der Waals surface area (Å²) in [5, 5.41) is 8.11. The first-order chi connectivity index (χ1) is 8.52. The molecule has 0 saturated carbocycles. The number of nitrogens with zero attached hydrogens (tertiary/aromatic N) is 3. The van der Waals surface area contributed by atoms with Crippen LogP contribution in [0.2, 0.25) is 0 Å². The van der Waals surface area contributed by atoms with Gasteiger partial charge < -0.3 is 10.2 Å². The van der Waals surface area contributed by atoms with E-state index in [0.717, 1.165) is 25.2 Å². The van der Waals surface area contributed by atoms with Crippen LogP contribution in [0.4, 0.5) is 0 Å². The molecule has 2 atom stereocenters. The van der Waals surface area contributed by atoms with E-state index in [1.54, 1.807) is 0 Å². The Morgan fingerprint density at radius 2 is 2.11 bits per heavy atom. The number of rotatable bonds is 8. The van der Waals surface area contributed by atoms with Gasteiger partial charge in [0.2, 0.25) is 0 Å². The quantitative estimate of drug-likeness (QED) is 0.770. The molecule has 1 N–H and O–H groups in total. The maximum atomic E-state index is 4.59. The van der Waals surface area contributed by atoms with Gasteiger partial charge in [-0.25, -0.2) is 0 Å². The first-order valence-corrected chi connectivity index (χ1v) is 6.95. The summed E-state index contributed by atoms with van der Waals surface area (Å²) in [5.41, 5.74) is 1.13. The van der Waals surface area contributed by atoms with Gasteiger partial charge in [-0.2, -0.15) is 5.10 Å². The topological polar surface area (TPSA) is 33.1 Å². The van der Waals surface area contributed by atoms with Crippen LogP contribution < -0.4 is 5.32 Å². The fourth-order valence-electron chi connectivity index (χ4n) is 1.74. The van der Waals surface area contributed by atoms with Gasteiger partial charge >= 0.3 is 0 Å². The molecule has 0 aliphatic heterocycles. The second kappa shape index (κ2) is 7.54. The monoisotopic (exact) mass is 252 g/mol. The van der Waals surface area contributed by atoms with Crippen LogP contribution in [-0.2, 0) is 6.54 Å². The lowest BCUT2D eigenvalue weighted by Crippen LogP contribution is -2.29. The van der Waals surface area contributed by atoms with E-state index in [0.29, 0.717) is 12.1 Å². The average Bonchev–Trinajstić information content (AvgIpc) is 2.81. The van der Waals surface area contributed by atoms with Crippen LogP contribution in [0, 0.1) is 0 Å². The van der Waals surface area contributed by atoms with Crippen molar-refractivity contribution in [1.82, 2.24) is 20.0 Å². The molecule has 0 radical (unpaired) electrons. The van der Waals surface area contributed by atoms with Crippen LogP contribution in [0.3, 0.4) is 0 Å². The second-order valence-electron chi connectivity index (χ2n) is 5.42. The van der Waals surface area contributed by atoms with Gasteiger partial charge in [-0.3, -0.25) is 4.68 Å². The van der Waals surface area contributed by atoms with Crippen molar-refractivity contribution in [2.75, 3.05) is 20.6 Å². The fourth-order valence-corrected chi connectivity index (χ4v) is 1.74. The highest BCUT2D eigenvalue weighted by molar-refractivity contribution is 4.99. The molecule has 1 aromatic heterocycles. The van der Waals surface area contributed by atoms with Crippen LogP contribution in [0.5, 0.6) is 0 Å². The minimum atomic E-state index is 0.491. The van der Waals surface area contributed by atoms with Crippen molar-refractivity contribution in [1.29, 1.82) is 0 Å². The van der Waals surface area contributed by atoms with Gasteiger partial charge in [0.15, 0.2) is 0 Å². The second-order valence-corrected chi connectivity index (χ2v) is 5.42. The predicted octanol–water partition coefficient (Wildman–Crippen LogP) is 2.28. The van der Waals surface area contributed by atoms with Crippen molar-refractivity contribution < 1.29 is 0 Å². The molecule has 0 saturated heterocycles. The smallest absolute Gasteiger partial charge is 0.0762 e. The molecule has 0 fully saturated rings. The largest absolute Gasteiger partial charge is 0.309 e. The molecule has 0 aromatic carbocycles. The van der Waals surface area contributed by atoms with Crippen LogP contribution in [0.25, 0.3) is 0 Å². The van der Waals surface area contributed by atoms with E-state index in [1.807, 2.05) is 0 Å². The van der Waals surface area contributed by atoms with E-state index in [2.05, 4.69) is 67.1 Å². The number of nitrogens with one attached hydrogen (secondary N) is 1. The summed E-state index contributed by atoms with van der Waals surface area (Å²) in [5.74, 6) is 0. The SMILES string of the molecule is CCC(C)n1ccc(CNC(C)CCN(C)C)n1. The zero-order chi connectivity index (χ0) is 13.5. The molecule has 0 spiro atoms. The van der Waals surface area contributed by atoms with Crippen molar-refractivity contribution in [3.05, 3.63) is 18.0 Å². The standard InChI is InChI=1S/C14H28N4/c1-6-13(3)18-10-8-14(16-18)11-15-12(2)7-9-17(4)5/h8,10,12-13,15H,6-7,9,11H2,1-5H3.